The van der Waals surface area contributed by atoms with Crippen molar-refractivity contribution in [2.24, 2.45) is 13.0 Å². The Morgan fingerprint density at radius 3 is 2.04 bits per heavy atom. The second-order valence-corrected chi connectivity index (χ2v) is 12.3. The lowest BCUT2D eigenvalue weighted by molar-refractivity contribution is -0.126. The highest BCUT2D eigenvalue weighted by Crippen LogP contribution is 2.29. The van der Waals surface area contributed by atoms with Crippen LogP contribution in [0.4, 0.5) is 0 Å². The lowest BCUT2D eigenvalue weighted by Crippen LogP contribution is -2.36. The number of aryl methyl sites for hydroxylation is 1. The van der Waals surface area contributed by atoms with Crippen molar-refractivity contribution in [3.05, 3.63) is 154 Å². The summed E-state index contributed by atoms with van der Waals surface area (Å²) in [4.78, 5) is 36.6. The van der Waals surface area contributed by atoms with Crippen LogP contribution in [0.3, 0.4) is 0 Å². The van der Waals surface area contributed by atoms with E-state index in [-0.39, 0.29) is 18.3 Å². The summed E-state index contributed by atoms with van der Waals surface area (Å²) in [6, 6.07) is 38.6. The third-order valence-corrected chi connectivity index (χ3v) is 8.94. The highest BCUT2D eigenvalue weighted by Gasteiger charge is 2.24. The Hall–Kier alpha value is -5.67. The van der Waals surface area contributed by atoms with Gasteiger partial charge in [-0.15, -0.1) is 5.06 Å². The van der Waals surface area contributed by atoms with Crippen molar-refractivity contribution in [2.45, 2.75) is 32.5 Å². The number of hydrogen-bond acceptors (Lipinski definition) is 7. The molecule has 0 amide bonds. The van der Waals surface area contributed by atoms with Gasteiger partial charge in [0.2, 0.25) is 11.8 Å². The van der Waals surface area contributed by atoms with Crippen LogP contribution in [0.1, 0.15) is 39.9 Å². The van der Waals surface area contributed by atoms with Crippen molar-refractivity contribution in [3.63, 3.8) is 0 Å². The van der Waals surface area contributed by atoms with Gasteiger partial charge >= 0.3 is 11.7 Å². The number of aromatic nitrogens is 3. The summed E-state index contributed by atoms with van der Waals surface area (Å²) in [5.41, 5.74) is 5.67. The summed E-state index contributed by atoms with van der Waals surface area (Å²) in [6.45, 7) is 2.02. The number of hydrogen-bond donors (Lipinski definition) is 0. The number of carbonyl (C=O) groups is 1. The molecule has 9 heteroatoms. The van der Waals surface area contributed by atoms with Crippen LogP contribution in [0.15, 0.2) is 126 Å². The number of carbonyl (C=O) groups excluding carboxylic acids is 1. The topological polar surface area (TPSA) is 87.8 Å². The van der Waals surface area contributed by atoms with Crippen molar-refractivity contribution in [1.82, 2.24) is 19.2 Å². The zero-order chi connectivity index (χ0) is 33.6. The average Bonchev–Trinajstić information content (AvgIpc) is 3.40. The third-order valence-electron chi connectivity index (χ3n) is 8.94. The first-order valence-electron chi connectivity index (χ1n) is 16.6. The highest BCUT2D eigenvalue weighted by molar-refractivity contribution is 5.89. The van der Waals surface area contributed by atoms with Gasteiger partial charge in [-0.05, 0) is 72.2 Å². The molecule has 0 bridgehead atoms. The van der Waals surface area contributed by atoms with Gasteiger partial charge in [0.15, 0.2) is 0 Å². The molecule has 0 saturated carbocycles. The van der Waals surface area contributed by atoms with E-state index >= 15 is 0 Å². The van der Waals surface area contributed by atoms with E-state index in [1.165, 1.54) is 0 Å². The van der Waals surface area contributed by atoms with Crippen LogP contribution in [-0.2, 0) is 31.5 Å². The number of imidazole rings is 1. The molecule has 3 heterocycles. The van der Waals surface area contributed by atoms with Gasteiger partial charge in [-0.25, -0.2) is 9.59 Å². The number of ether oxygens (including phenoxy) is 2. The van der Waals surface area contributed by atoms with Crippen LogP contribution in [0.2, 0.25) is 0 Å². The zero-order valence-corrected chi connectivity index (χ0v) is 27.4. The Morgan fingerprint density at radius 1 is 0.735 bits per heavy atom. The van der Waals surface area contributed by atoms with Gasteiger partial charge in [0.25, 0.3) is 0 Å². The van der Waals surface area contributed by atoms with E-state index in [1.807, 2.05) is 91.0 Å². The fourth-order valence-corrected chi connectivity index (χ4v) is 6.26. The third kappa shape index (κ3) is 7.42. The molecule has 1 aliphatic rings. The molecule has 9 nitrogen and oxygen atoms in total. The number of hydroxylamine groups is 2. The van der Waals surface area contributed by atoms with Gasteiger partial charge in [0.1, 0.15) is 18.9 Å². The minimum Gasteiger partial charge on any atom is -0.473 e. The molecule has 0 atom stereocenters. The summed E-state index contributed by atoms with van der Waals surface area (Å²) in [5.74, 6) is 0.835. The molecule has 2 aromatic heterocycles. The van der Waals surface area contributed by atoms with Crippen LogP contribution >= 0.6 is 0 Å². The van der Waals surface area contributed by atoms with E-state index < -0.39 is 0 Å². The fraction of sp³-hybridized carbons (Fsp3) is 0.225. The molecule has 4 aromatic carbocycles. The van der Waals surface area contributed by atoms with E-state index in [9.17, 15) is 9.59 Å². The SMILES string of the molecule is Cn1c(=O)n(-c2ccc(OCc3ccccc3)nc2OCc2ccccc2)c2ccc(CC3CCN(OC(=O)c4ccccc4)CC3)cc21. The van der Waals surface area contributed by atoms with E-state index in [2.05, 4.69) is 12.1 Å². The van der Waals surface area contributed by atoms with Crippen LogP contribution in [-0.4, -0.2) is 38.2 Å². The highest BCUT2D eigenvalue weighted by atomic mass is 16.7. The number of pyridine rings is 1. The molecular weight excluding hydrogens is 616 g/mol. The molecule has 0 spiro atoms. The molecule has 248 valence electrons. The van der Waals surface area contributed by atoms with Gasteiger partial charge < -0.3 is 14.3 Å². The molecule has 49 heavy (non-hydrogen) atoms. The first-order chi connectivity index (χ1) is 24.0. The molecule has 0 unspecified atom stereocenters. The molecule has 7 rings (SSSR count). The Labute approximate surface area is 284 Å². The van der Waals surface area contributed by atoms with Crippen LogP contribution in [0, 0.1) is 5.92 Å². The summed E-state index contributed by atoms with van der Waals surface area (Å²) < 4.78 is 15.6. The average molecular weight is 655 g/mol. The lowest BCUT2D eigenvalue weighted by Gasteiger charge is -2.30. The molecule has 1 saturated heterocycles. The largest absolute Gasteiger partial charge is 0.473 e. The Balaban J connectivity index is 1.09. The molecule has 1 aliphatic heterocycles. The summed E-state index contributed by atoms with van der Waals surface area (Å²) in [5, 5.41) is 1.77. The Kier molecular flexibility index (Phi) is 9.52. The van der Waals surface area contributed by atoms with Gasteiger partial charge in [-0.1, -0.05) is 84.9 Å². The molecule has 1 fully saturated rings. The first kappa shape index (κ1) is 31.9. The maximum absolute atomic E-state index is 13.8. The lowest BCUT2D eigenvalue weighted by atomic mass is 9.91. The maximum atomic E-state index is 13.8. The smallest absolute Gasteiger partial charge is 0.357 e. The van der Waals surface area contributed by atoms with E-state index in [0.717, 1.165) is 47.0 Å². The maximum Gasteiger partial charge on any atom is 0.357 e. The zero-order valence-electron chi connectivity index (χ0n) is 27.4. The minimum atomic E-state index is -0.326. The monoisotopic (exact) mass is 654 g/mol. The number of benzene rings is 4. The van der Waals surface area contributed by atoms with E-state index in [1.54, 1.807) is 39.4 Å². The summed E-state index contributed by atoms with van der Waals surface area (Å²) in [6.07, 6.45) is 2.69. The molecule has 0 radical (unpaired) electrons. The normalized spacial score (nSPS) is 13.7. The van der Waals surface area contributed by atoms with Gasteiger partial charge in [0.05, 0.1) is 16.6 Å². The second-order valence-electron chi connectivity index (χ2n) is 12.3. The van der Waals surface area contributed by atoms with Gasteiger partial charge in [-0.3, -0.25) is 9.13 Å². The quantitative estimate of drug-likeness (QED) is 0.150. The number of piperidine rings is 1. The van der Waals surface area contributed by atoms with E-state index in [4.69, 9.17) is 19.3 Å². The predicted octanol–water partition coefficient (Wildman–Crippen LogP) is 6.91. The molecule has 6 aromatic rings. The standard InChI is InChI=1S/C40H38N4O5/c1-42-36-26-32(25-29-21-23-43(24-22-29)49-39(45)33-15-9-4-10-16-33)17-18-34(36)44(40(42)46)35-19-20-37(47-27-30-11-5-2-6-12-30)41-38(35)48-28-31-13-7-3-8-14-31/h2-20,26,29H,21-25,27-28H2,1H3. The predicted molar refractivity (Wildman–Crippen MR) is 188 cm³/mol. The Bertz CT molecular complexity index is 2090. The summed E-state index contributed by atoms with van der Waals surface area (Å²) in [7, 11) is 1.79. The van der Waals surface area contributed by atoms with Gasteiger partial charge in [-0.2, -0.15) is 4.98 Å². The first-order valence-corrected chi connectivity index (χ1v) is 16.6. The molecule has 0 aliphatic carbocycles. The van der Waals surface area contributed by atoms with Gasteiger partial charge in [0, 0.05) is 26.2 Å². The van der Waals surface area contributed by atoms with Crippen LogP contribution in [0.5, 0.6) is 11.8 Å². The number of fused-ring (bicyclic) bond motifs is 1. The number of rotatable bonds is 11. The van der Waals surface area contributed by atoms with Crippen molar-refractivity contribution >= 4 is 17.0 Å². The van der Waals surface area contributed by atoms with Crippen LogP contribution in [0.25, 0.3) is 16.7 Å². The second kappa shape index (κ2) is 14.6. The van der Waals surface area contributed by atoms with Crippen LogP contribution < -0.4 is 15.2 Å². The van der Waals surface area contributed by atoms with Crippen molar-refractivity contribution in [1.29, 1.82) is 0 Å². The minimum absolute atomic E-state index is 0.190. The molecule has 0 N–H and O–H groups in total. The van der Waals surface area contributed by atoms with Crippen molar-refractivity contribution < 1.29 is 19.1 Å². The molecular formula is C40H38N4O5. The summed E-state index contributed by atoms with van der Waals surface area (Å²) >= 11 is 0. The number of nitrogens with zero attached hydrogens (tertiary/aromatic N) is 4. The van der Waals surface area contributed by atoms with E-state index in [0.29, 0.717) is 48.6 Å². The Morgan fingerprint density at radius 2 is 1.37 bits per heavy atom. The fourth-order valence-electron chi connectivity index (χ4n) is 6.26. The van der Waals surface area contributed by atoms with Crippen molar-refractivity contribution in [2.75, 3.05) is 13.1 Å². The van der Waals surface area contributed by atoms with Crippen molar-refractivity contribution in [3.8, 4) is 17.4 Å².